The molecule has 0 aromatic carbocycles. The second-order valence-corrected chi connectivity index (χ2v) is 3.81. The number of nitrogens with one attached hydrogen (secondary N) is 1. The highest BCUT2D eigenvalue weighted by molar-refractivity contribution is 5.83. The minimum Gasteiger partial charge on any atom is -0.394 e. The molecule has 2 aliphatic heterocycles. The number of aliphatic hydroxyl groups is 1. The highest BCUT2D eigenvalue weighted by Gasteiger charge is 2.34. The van der Waals surface area contributed by atoms with Crippen molar-refractivity contribution in [2.75, 3.05) is 19.7 Å². The van der Waals surface area contributed by atoms with Crippen molar-refractivity contribution in [1.82, 2.24) is 10.2 Å². The van der Waals surface area contributed by atoms with E-state index >= 15 is 0 Å². The first-order chi connectivity index (χ1) is 6.33. The molecule has 2 rings (SSSR count). The van der Waals surface area contributed by atoms with Gasteiger partial charge in [0.05, 0.1) is 18.7 Å². The average molecular weight is 184 g/mol. The number of amides is 1. The zero-order valence-electron chi connectivity index (χ0n) is 7.70. The topological polar surface area (TPSA) is 52.6 Å². The molecule has 74 valence electrons. The fraction of sp³-hybridized carbons (Fsp3) is 0.889. The summed E-state index contributed by atoms with van der Waals surface area (Å²) in [6.45, 7) is 1.88. The normalized spacial score (nSPS) is 33.2. The van der Waals surface area contributed by atoms with Gasteiger partial charge in [-0.05, 0) is 25.8 Å². The predicted octanol–water partition coefficient (Wildman–Crippen LogP) is -0.668. The van der Waals surface area contributed by atoms with Crippen LogP contribution in [0, 0.1) is 0 Å². The van der Waals surface area contributed by atoms with Crippen molar-refractivity contribution < 1.29 is 9.90 Å². The zero-order valence-corrected chi connectivity index (χ0v) is 7.70. The zero-order chi connectivity index (χ0) is 9.26. The van der Waals surface area contributed by atoms with Gasteiger partial charge in [-0.2, -0.15) is 0 Å². The van der Waals surface area contributed by atoms with Gasteiger partial charge in [0.15, 0.2) is 0 Å². The van der Waals surface area contributed by atoms with Gasteiger partial charge in [0.2, 0.25) is 5.91 Å². The summed E-state index contributed by atoms with van der Waals surface area (Å²) in [7, 11) is 0. The molecular formula is C9H16N2O2. The van der Waals surface area contributed by atoms with Gasteiger partial charge in [0.1, 0.15) is 0 Å². The van der Waals surface area contributed by atoms with Gasteiger partial charge in [-0.1, -0.05) is 0 Å². The van der Waals surface area contributed by atoms with Gasteiger partial charge in [-0.25, -0.2) is 0 Å². The Bertz CT molecular complexity index is 204. The van der Waals surface area contributed by atoms with Crippen molar-refractivity contribution in [1.29, 1.82) is 0 Å². The lowest BCUT2D eigenvalue weighted by molar-refractivity contribution is -0.136. The van der Waals surface area contributed by atoms with Crippen LogP contribution in [0.5, 0.6) is 0 Å². The predicted molar refractivity (Wildman–Crippen MR) is 48.2 cm³/mol. The molecule has 4 heteroatoms. The Morgan fingerprint density at radius 3 is 2.85 bits per heavy atom. The molecule has 0 spiro atoms. The van der Waals surface area contributed by atoms with Crippen molar-refractivity contribution in [3.8, 4) is 0 Å². The lowest BCUT2D eigenvalue weighted by Crippen LogP contribution is -2.55. The third-order valence-corrected chi connectivity index (χ3v) is 2.99. The van der Waals surface area contributed by atoms with E-state index in [1.54, 1.807) is 0 Å². The molecule has 4 nitrogen and oxygen atoms in total. The Morgan fingerprint density at radius 2 is 2.31 bits per heavy atom. The van der Waals surface area contributed by atoms with Crippen LogP contribution in [-0.4, -0.2) is 47.7 Å². The van der Waals surface area contributed by atoms with Gasteiger partial charge < -0.3 is 15.3 Å². The summed E-state index contributed by atoms with van der Waals surface area (Å²) >= 11 is 0. The molecule has 1 amide bonds. The molecule has 2 aliphatic rings. The molecule has 0 aromatic rings. The quantitative estimate of drug-likeness (QED) is 0.598. The summed E-state index contributed by atoms with van der Waals surface area (Å²) in [4.78, 5) is 13.6. The first-order valence-corrected chi connectivity index (χ1v) is 4.97. The van der Waals surface area contributed by atoms with E-state index in [2.05, 4.69) is 5.32 Å². The summed E-state index contributed by atoms with van der Waals surface area (Å²) in [5.41, 5.74) is 0. The second-order valence-electron chi connectivity index (χ2n) is 3.81. The van der Waals surface area contributed by atoms with E-state index in [0.29, 0.717) is 0 Å². The van der Waals surface area contributed by atoms with Crippen molar-refractivity contribution in [2.45, 2.75) is 31.3 Å². The maximum absolute atomic E-state index is 11.7. The minimum absolute atomic E-state index is 0.0344. The van der Waals surface area contributed by atoms with Gasteiger partial charge in [0.25, 0.3) is 0 Å². The highest BCUT2D eigenvalue weighted by Crippen LogP contribution is 2.19. The van der Waals surface area contributed by atoms with Crippen LogP contribution in [0.4, 0.5) is 0 Å². The fourth-order valence-corrected chi connectivity index (χ4v) is 2.02. The first kappa shape index (κ1) is 8.97. The number of hydrogen-bond donors (Lipinski definition) is 2. The third-order valence-electron chi connectivity index (χ3n) is 2.99. The van der Waals surface area contributed by atoms with Crippen LogP contribution in [0.15, 0.2) is 0 Å². The van der Waals surface area contributed by atoms with Gasteiger partial charge >= 0.3 is 0 Å². The van der Waals surface area contributed by atoms with Crippen LogP contribution in [0.1, 0.15) is 19.3 Å². The van der Waals surface area contributed by atoms with Crippen molar-refractivity contribution in [2.24, 2.45) is 0 Å². The molecule has 0 aliphatic carbocycles. The Hall–Kier alpha value is -0.610. The number of aliphatic hydroxyl groups excluding tert-OH is 1. The van der Waals surface area contributed by atoms with Crippen LogP contribution < -0.4 is 5.32 Å². The molecule has 0 saturated carbocycles. The average Bonchev–Trinajstić information content (AvgIpc) is 2.47. The minimum atomic E-state index is 0.0344. The van der Waals surface area contributed by atoms with E-state index in [0.717, 1.165) is 32.4 Å². The monoisotopic (exact) mass is 184 g/mol. The molecular weight excluding hydrogens is 168 g/mol. The van der Waals surface area contributed by atoms with E-state index in [4.69, 9.17) is 5.11 Å². The number of carbonyl (C=O) groups is 1. The summed E-state index contributed by atoms with van der Waals surface area (Å²) in [5, 5.41) is 12.1. The SMILES string of the molecule is O=C(C1CCN1)N1CCC[C@@H]1CO. The maximum Gasteiger partial charge on any atom is 0.240 e. The molecule has 2 heterocycles. The maximum atomic E-state index is 11.7. The van der Waals surface area contributed by atoms with E-state index in [1.807, 2.05) is 4.90 Å². The first-order valence-electron chi connectivity index (χ1n) is 4.97. The van der Waals surface area contributed by atoms with Crippen LogP contribution >= 0.6 is 0 Å². The molecule has 2 atom stereocenters. The molecule has 0 radical (unpaired) electrons. The largest absolute Gasteiger partial charge is 0.394 e. The molecule has 1 unspecified atom stereocenters. The smallest absolute Gasteiger partial charge is 0.240 e. The van der Waals surface area contributed by atoms with E-state index in [1.165, 1.54) is 0 Å². The van der Waals surface area contributed by atoms with Crippen LogP contribution in [0.2, 0.25) is 0 Å². The van der Waals surface area contributed by atoms with E-state index in [9.17, 15) is 4.79 Å². The standard InChI is InChI=1S/C9H16N2O2/c12-6-7-2-1-5-11(7)9(13)8-3-4-10-8/h7-8,10,12H,1-6H2/t7-,8?/m1/s1. The van der Waals surface area contributed by atoms with Crippen molar-refractivity contribution in [3.05, 3.63) is 0 Å². The lowest BCUT2D eigenvalue weighted by Gasteiger charge is -2.33. The van der Waals surface area contributed by atoms with Crippen LogP contribution in [0.3, 0.4) is 0 Å². The number of carbonyl (C=O) groups excluding carboxylic acids is 1. The number of rotatable bonds is 2. The fourth-order valence-electron chi connectivity index (χ4n) is 2.02. The Kier molecular flexibility index (Phi) is 2.51. The molecule has 2 saturated heterocycles. The highest BCUT2D eigenvalue weighted by atomic mass is 16.3. The van der Waals surface area contributed by atoms with Gasteiger partial charge in [-0.15, -0.1) is 0 Å². The number of hydrogen-bond acceptors (Lipinski definition) is 3. The summed E-state index contributed by atoms with van der Waals surface area (Å²) in [6, 6.07) is 0.113. The summed E-state index contributed by atoms with van der Waals surface area (Å²) in [6.07, 6.45) is 2.94. The molecule has 0 bridgehead atoms. The molecule has 0 aromatic heterocycles. The Balaban J connectivity index is 1.94. The third kappa shape index (κ3) is 1.56. The molecule has 13 heavy (non-hydrogen) atoms. The van der Waals surface area contributed by atoms with Gasteiger partial charge in [-0.3, -0.25) is 4.79 Å². The van der Waals surface area contributed by atoms with Gasteiger partial charge in [0, 0.05) is 6.54 Å². The summed E-state index contributed by atoms with van der Waals surface area (Å²) < 4.78 is 0. The van der Waals surface area contributed by atoms with E-state index < -0.39 is 0 Å². The van der Waals surface area contributed by atoms with Crippen LogP contribution in [0.25, 0.3) is 0 Å². The Morgan fingerprint density at radius 1 is 1.54 bits per heavy atom. The molecule has 2 N–H and O–H groups in total. The van der Waals surface area contributed by atoms with Crippen molar-refractivity contribution >= 4 is 5.91 Å². The second kappa shape index (κ2) is 3.64. The van der Waals surface area contributed by atoms with E-state index in [-0.39, 0.29) is 24.6 Å². The van der Waals surface area contributed by atoms with Crippen LogP contribution in [-0.2, 0) is 4.79 Å². The summed E-state index contributed by atoms with van der Waals surface area (Å²) in [5.74, 6) is 0.183. The molecule has 2 fully saturated rings. The number of nitrogens with zero attached hydrogens (tertiary/aromatic N) is 1. The lowest BCUT2D eigenvalue weighted by atomic mass is 10.1. The number of likely N-dealkylation sites (tertiary alicyclic amines) is 1. The van der Waals surface area contributed by atoms with Crippen molar-refractivity contribution in [3.63, 3.8) is 0 Å². The Labute approximate surface area is 77.9 Å².